The molecule has 1 aromatic rings. The Hall–Kier alpha value is -1.47. The van der Waals surface area contributed by atoms with E-state index in [1.807, 2.05) is 37.3 Å². The Balaban J connectivity index is 1.67. The van der Waals surface area contributed by atoms with Crippen molar-refractivity contribution in [3.63, 3.8) is 0 Å². The number of esters is 1. The zero-order chi connectivity index (χ0) is 17.5. The van der Waals surface area contributed by atoms with Gasteiger partial charge in [0.05, 0.1) is 18.3 Å². The highest BCUT2D eigenvalue weighted by molar-refractivity contribution is 5.69. The number of aliphatic hydroxyl groups is 2. The summed E-state index contributed by atoms with van der Waals surface area (Å²) in [6.45, 7) is 3.81. The zero-order valence-corrected chi connectivity index (χ0v) is 14.1. The van der Waals surface area contributed by atoms with Gasteiger partial charge in [-0.05, 0) is 25.8 Å². The topological polar surface area (TPSA) is 85.2 Å². The molecule has 134 valence electrons. The van der Waals surface area contributed by atoms with Crippen LogP contribution in [0.3, 0.4) is 0 Å². The molecule has 1 heterocycles. The van der Waals surface area contributed by atoms with Gasteiger partial charge in [-0.15, -0.1) is 0 Å². The van der Waals surface area contributed by atoms with Crippen molar-refractivity contribution in [3.8, 4) is 0 Å². The van der Waals surface area contributed by atoms with Crippen molar-refractivity contribution in [2.75, 3.05) is 0 Å². The van der Waals surface area contributed by atoms with E-state index in [0.29, 0.717) is 6.42 Å². The Morgan fingerprint density at radius 1 is 1.29 bits per heavy atom. The van der Waals surface area contributed by atoms with Gasteiger partial charge in [-0.3, -0.25) is 4.79 Å². The average molecular weight is 338 g/mol. The lowest BCUT2D eigenvalue weighted by Gasteiger charge is -2.36. The first kappa shape index (κ1) is 18.9. The fraction of sp³-hybridized carbons (Fsp3) is 0.611. The molecule has 0 radical (unpaired) electrons. The molecule has 0 saturated carbocycles. The molecule has 1 aromatic carbocycles. The molecule has 1 fully saturated rings. The van der Waals surface area contributed by atoms with E-state index in [1.165, 1.54) is 0 Å². The Morgan fingerprint density at radius 2 is 2.00 bits per heavy atom. The van der Waals surface area contributed by atoms with E-state index in [-0.39, 0.29) is 37.6 Å². The Kier molecular flexibility index (Phi) is 7.17. The van der Waals surface area contributed by atoms with Gasteiger partial charge in [-0.25, -0.2) is 0 Å². The number of carbonyl (C=O) groups is 1. The number of benzene rings is 1. The van der Waals surface area contributed by atoms with Crippen LogP contribution in [0.2, 0.25) is 0 Å². The van der Waals surface area contributed by atoms with E-state index in [2.05, 4.69) is 0 Å². The van der Waals surface area contributed by atoms with E-state index in [1.54, 1.807) is 6.92 Å². The van der Waals surface area contributed by atoms with Crippen LogP contribution < -0.4 is 0 Å². The molecule has 0 bridgehead atoms. The molecule has 0 spiro atoms. The molecule has 0 amide bonds. The predicted octanol–water partition coefficient (Wildman–Crippen LogP) is 1.77. The van der Waals surface area contributed by atoms with E-state index < -0.39 is 18.5 Å². The predicted molar refractivity (Wildman–Crippen MR) is 87.0 cm³/mol. The molecule has 1 aliphatic rings. The van der Waals surface area contributed by atoms with Crippen LogP contribution in [0.4, 0.5) is 0 Å². The van der Waals surface area contributed by atoms with Crippen LogP contribution in [0.25, 0.3) is 0 Å². The summed E-state index contributed by atoms with van der Waals surface area (Å²) in [6.07, 6.45) is -2.08. The van der Waals surface area contributed by atoms with Crippen molar-refractivity contribution in [1.29, 1.82) is 0 Å². The summed E-state index contributed by atoms with van der Waals surface area (Å²) in [6, 6.07) is 9.50. The minimum Gasteiger partial charge on any atom is -0.461 e. The van der Waals surface area contributed by atoms with Crippen LogP contribution in [0.15, 0.2) is 30.3 Å². The van der Waals surface area contributed by atoms with Crippen molar-refractivity contribution >= 4 is 5.97 Å². The first-order valence-corrected chi connectivity index (χ1v) is 8.32. The Bertz CT molecular complexity index is 505. The third kappa shape index (κ3) is 5.87. The summed E-state index contributed by atoms with van der Waals surface area (Å²) >= 11 is 0. The summed E-state index contributed by atoms with van der Waals surface area (Å²) in [7, 11) is 0. The second-order valence-corrected chi connectivity index (χ2v) is 6.21. The summed E-state index contributed by atoms with van der Waals surface area (Å²) in [5, 5.41) is 19.5. The average Bonchev–Trinajstić information content (AvgIpc) is 2.57. The first-order chi connectivity index (χ1) is 11.5. The first-order valence-electron chi connectivity index (χ1n) is 8.32. The molecule has 0 aromatic heterocycles. The van der Waals surface area contributed by atoms with Gasteiger partial charge in [-0.2, -0.15) is 0 Å². The minimum atomic E-state index is -0.872. The van der Waals surface area contributed by atoms with Crippen LogP contribution >= 0.6 is 0 Å². The van der Waals surface area contributed by atoms with Gasteiger partial charge >= 0.3 is 5.97 Å². The van der Waals surface area contributed by atoms with Gasteiger partial charge < -0.3 is 24.4 Å². The van der Waals surface area contributed by atoms with Gasteiger partial charge in [-0.1, -0.05) is 30.3 Å². The van der Waals surface area contributed by atoms with Crippen LogP contribution in [-0.2, 0) is 25.6 Å². The number of carbonyl (C=O) groups excluding carboxylic acids is 1. The number of ether oxygens (including phenoxy) is 3. The molecule has 2 rings (SSSR count). The maximum absolute atomic E-state index is 11.8. The monoisotopic (exact) mass is 338 g/mol. The second-order valence-electron chi connectivity index (χ2n) is 6.21. The highest BCUT2D eigenvalue weighted by Crippen LogP contribution is 2.22. The maximum Gasteiger partial charge on any atom is 0.306 e. The van der Waals surface area contributed by atoms with Gasteiger partial charge in [0.2, 0.25) is 0 Å². The van der Waals surface area contributed by atoms with E-state index in [9.17, 15) is 15.0 Å². The SMILES string of the molecule is C[C@H](CCC(=O)OCc1ccccc1)O[C@@H]1O[C@@H](C)[C@H](O)C[C@H]1O. The smallest absolute Gasteiger partial charge is 0.306 e. The molecule has 2 N–H and O–H groups in total. The summed E-state index contributed by atoms with van der Waals surface area (Å²) in [4.78, 5) is 11.8. The number of hydrogen-bond donors (Lipinski definition) is 2. The number of rotatable bonds is 7. The second kappa shape index (κ2) is 9.13. The Labute approximate surface area is 142 Å². The molecule has 1 saturated heterocycles. The maximum atomic E-state index is 11.8. The normalized spacial score (nSPS) is 28.3. The fourth-order valence-electron chi connectivity index (χ4n) is 2.49. The van der Waals surface area contributed by atoms with Gasteiger partial charge in [0.25, 0.3) is 0 Å². The lowest BCUT2D eigenvalue weighted by atomic mass is 10.0. The third-order valence-corrected chi connectivity index (χ3v) is 4.05. The standard InChI is InChI=1S/C18H26O6/c1-12(23-18-16(20)10-15(19)13(2)24-18)8-9-17(21)22-11-14-6-4-3-5-7-14/h3-7,12-13,15-16,18-20H,8-11H2,1-2H3/t12-,13+,15-,16-,18-/m1/s1. The molecular weight excluding hydrogens is 312 g/mol. The van der Waals surface area contributed by atoms with Gasteiger partial charge in [0, 0.05) is 12.8 Å². The molecule has 5 atom stereocenters. The molecule has 6 nitrogen and oxygen atoms in total. The van der Waals surface area contributed by atoms with Gasteiger partial charge in [0.1, 0.15) is 12.7 Å². The Morgan fingerprint density at radius 3 is 2.71 bits per heavy atom. The molecule has 24 heavy (non-hydrogen) atoms. The molecule has 1 aliphatic heterocycles. The number of aliphatic hydroxyl groups excluding tert-OH is 2. The molecule has 6 heteroatoms. The van der Waals surface area contributed by atoms with Crippen molar-refractivity contribution in [2.45, 2.75) is 70.4 Å². The van der Waals surface area contributed by atoms with Gasteiger partial charge in [0.15, 0.2) is 6.29 Å². The van der Waals surface area contributed by atoms with Crippen LogP contribution in [0.5, 0.6) is 0 Å². The van der Waals surface area contributed by atoms with Crippen molar-refractivity contribution in [3.05, 3.63) is 35.9 Å². The van der Waals surface area contributed by atoms with Crippen molar-refractivity contribution in [1.82, 2.24) is 0 Å². The highest BCUT2D eigenvalue weighted by Gasteiger charge is 2.35. The van der Waals surface area contributed by atoms with Crippen molar-refractivity contribution < 1.29 is 29.2 Å². The minimum absolute atomic E-state index is 0.220. The molecular formula is C18H26O6. The van der Waals surface area contributed by atoms with E-state index >= 15 is 0 Å². The third-order valence-electron chi connectivity index (χ3n) is 4.05. The summed E-state index contributed by atoms with van der Waals surface area (Å²) < 4.78 is 16.3. The van der Waals surface area contributed by atoms with Crippen molar-refractivity contribution in [2.24, 2.45) is 0 Å². The lowest BCUT2D eigenvalue weighted by molar-refractivity contribution is -0.273. The zero-order valence-electron chi connectivity index (χ0n) is 14.1. The fourth-order valence-corrected chi connectivity index (χ4v) is 2.49. The lowest BCUT2D eigenvalue weighted by Crippen LogP contribution is -2.48. The van der Waals surface area contributed by atoms with E-state index in [4.69, 9.17) is 14.2 Å². The largest absolute Gasteiger partial charge is 0.461 e. The van der Waals surface area contributed by atoms with Crippen LogP contribution in [0, 0.1) is 0 Å². The highest BCUT2D eigenvalue weighted by atomic mass is 16.7. The molecule has 0 unspecified atom stereocenters. The van der Waals surface area contributed by atoms with Crippen LogP contribution in [-0.4, -0.2) is 46.9 Å². The number of hydrogen-bond acceptors (Lipinski definition) is 6. The quantitative estimate of drug-likeness (QED) is 0.737. The summed E-state index contributed by atoms with van der Waals surface area (Å²) in [5.74, 6) is -0.289. The molecule has 0 aliphatic carbocycles. The van der Waals surface area contributed by atoms with Crippen LogP contribution in [0.1, 0.15) is 38.7 Å². The summed E-state index contributed by atoms with van der Waals surface area (Å²) in [5.41, 5.74) is 0.946. The van der Waals surface area contributed by atoms with E-state index in [0.717, 1.165) is 5.56 Å².